The smallest absolute Gasteiger partial charge is 0.317 e. The number of amides is 2. The van der Waals surface area contributed by atoms with Crippen LogP contribution in [0.15, 0.2) is 54.1 Å². The summed E-state index contributed by atoms with van der Waals surface area (Å²) in [6.45, 7) is 3.28. The summed E-state index contributed by atoms with van der Waals surface area (Å²) in [5, 5.41) is 5.54. The first-order valence-corrected chi connectivity index (χ1v) is 11.8. The van der Waals surface area contributed by atoms with E-state index in [0.717, 1.165) is 30.1 Å². The molecule has 0 spiro atoms. The van der Waals surface area contributed by atoms with Crippen LogP contribution < -0.4 is 5.32 Å². The van der Waals surface area contributed by atoms with E-state index in [-0.39, 0.29) is 12.1 Å². The van der Waals surface area contributed by atoms with Gasteiger partial charge in [-0.2, -0.15) is 0 Å². The van der Waals surface area contributed by atoms with Gasteiger partial charge in [0.1, 0.15) is 0 Å². The monoisotopic (exact) mass is 401 g/mol. The van der Waals surface area contributed by atoms with Crippen molar-refractivity contribution in [2.24, 2.45) is 11.8 Å². The minimum Gasteiger partial charge on any atom is -0.317 e. The SMILES string of the molecule is O=C(Nc1cccc2ccccc12)N1CCCC2=C[C@H]3C[C@H](CN4CCCC[C@H]34)[C@@H]21. The predicted octanol–water partition coefficient (Wildman–Crippen LogP) is 5.27. The molecule has 4 aliphatic rings. The molecule has 3 aliphatic heterocycles. The first-order valence-electron chi connectivity index (χ1n) is 11.8. The molecule has 3 fully saturated rings. The molecule has 30 heavy (non-hydrogen) atoms. The average Bonchev–Trinajstić information content (AvgIpc) is 2.79. The molecule has 2 aromatic carbocycles. The Hall–Kier alpha value is -2.33. The topological polar surface area (TPSA) is 35.6 Å². The Morgan fingerprint density at radius 3 is 2.87 bits per heavy atom. The molecule has 2 bridgehead atoms. The zero-order chi connectivity index (χ0) is 20.1. The van der Waals surface area contributed by atoms with Gasteiger partial charge in [0, 0.05) is 24.5 Å². The molecule has 0 saturated carbocycles. The largest absolute Gasteiger partial charge is 0.322 e. The van der Waals surface area contributed by atoms with Crippen LogP contribution in [0.4, 0.5) is 10.5 Å². The highest BCUT2D eigenvalue weighted by Gasteiger charge is 2.46. The Morgan fingerprint density at radius 1 is 1.00 bits per heavy atom. The number of hydrogen-bond donors (Lipinski definition) is 1. The number of piperidine rings is 3. The van der Waals surface area contributed by atoms with Gasteiger partial charge in [0.15, 0.2) is 0 Å². The molecule has 6 rings (SSSR count). The van der Waals surface area contributed by atoms with Gasteiger partial charge in [-0.25, -0.2) is 4.79 Å². The van der Waals surface area contributed by atoms with Crippen molar-refractivity contribution >= 4 is 22.5 Å². The first-order chi connectivity index (χ1) is 14.8. The number of anilines is 1. The molecule has 4 heteroatoms. The number of urea groups is 1. The first kappa shape index (κ1) is 18.4. The number of hydrogen-bond acceptors (Lipinski definition) is 2. The van der Waals surface area contributed by atoms with Crippen molar-refractivity contribution in [2.45, 2.75) is 50.6 Å². The summed E-state index contributed by atoms with van der Waals surface area (Å²) in [4.78, 5) is 18.4. The van der Waals surface area contributed by atoms with Crippen molar-refractivity contribution < 1.29 is 4.79 Å². The Balaban J connectivity index is 1.28. The van der Waals surface area contributed by atoms with E-state index in [9.17, 15) is 4.79 Å². The van der Waals surface area contributed by atoms with Crippen molar-refractivity contribution in [3.8, 4) is 0 Å². The molecule has 4 atom stereocenters. The van der Waals surface area contributed by atoms with Gasteiger partial charge >= 0.3 is 6.03 Å². The second-order valence-electron chi connectivity index (χ2n) is 9.66. The second-order valence-corrected chi connectivity index (χ2v) is 9.66. The molecule has 1 N–H and O–H groups in total. The number of carbonyl (C=O) groups is 1. The fraction of sp³-hybridized carbons (Fsp3) is 0.500. The second kappa shape index (κ2) is 7.42. The van der Waals surface area contributed by atoms with Crippen LogP contribution in [0, 0.1) is 11.8 Å². The summed E-state index contributed by atoms with van der Waals surface area (Å²) in [7, 11) is 0. The maximum Gasteiger partial charge on any atom is 0.322 e. The Morgan fingerprint density at radius 2 is 1.90 bits per heavy atom. The van der Waals surface area contributed by atoms with Gasteiger partial charge in [-0.05, 0) is 61.9 Å². The highest BCUT2D eigenvalue weighted by molar-refractivity contribution is 6.01. The lowest BCUT2D eigenvalue weighted by Crippen LogP contribution is -2.60. The molecular weight excluding hydrogens is 370 g/mol. The summed E-state index contributed by atoms with van der Waals surface area (Å²) >= 11 is 0. The van der Waals surface area contributed by atoms with Gasteiger partial charge < -0.3 is 10.2 Å². The number of fused-ring (bicyclic) bond motifs is 7. The van der Waals surface area contributed by atoms with Crippen LogP contribution in [0.3, 0.4) is 0 Å². The fourth-order valence-electron chi connectivity index (χ4n) is 6.72. The summed E-state index contributed by atoms with van der Waals surface area (Å²) in [5.41, 5.74) is 2.46. The van der Waals surface area contributed by atoms with Crippen molar-refractivity contribution in [1.82, 2.24) is 9.80 Å². The zero-order valence-electron chi connectivity index (χ0n) is 17.6. The van der Waals surface area contributed by atoms with E-state index in [1.807, 2.05) is 24.3 Å². The third kappa shape index (κ3) is 3.04. The average molecular weight is 402 g/mol. The van der Waals surface area contributed by atoms with Gasteiger partial charge in [0.25, 0.3) is 0 Å². The molecule has 2 aromatic rings. The quantitative estimate of drug-likeness (QED) is 0.661. The molecule has 4 nitrogen and oxygen atoms in total. The van der Waals surface area contributed by atoms with Crippen molar-refractivity contribution in [3.63, 3.8) is 0 Å². The van der Waals surface area contributed by atoms with E-state index in [1.54, 1.807) is 5.57 Å². The van der Waals surface area contributed by atoms with Crippen LogP contribution >= 0.6 is 0 Å². The van der Waals surface area contributed by atoms with E-state index in [4.69, 9.17) is 0 Å². The van der Waals surface area contributed by atoms with Gasteiger partial charge in [0.05, 0.1) is 11.7 Å². The minimum absolute atomic E-state index is 0.0705. The zero-order valence-corrected chi connectivity index (χ0v) is 17.6. The minimum atomic E-state index is 0.0705. The lowest BCUT2D eigenvalue weighted by atomic mass is 9.68. The maximum absolute atomic E-state index is 13.5. The number of rotatable bonds is 1. The molecule has 3 heterocycles. The van der Waals surface area contributed by atoms with Crippen LogP contribution in [0.1, 0.15) is 38.5 Å². The third-order valence-corrected chi connectivity index (χ3v) is 7.95. The predicted molar refractivity (Wildman–Crippen MR) is 122 cm³/mol. The van der Waals surface area contributed by atoms with Crippen LogP contribution in [0.25, 0.3) is 10.8 Å². The highest BCUT2D eigenvalue weighted by Crippen LogP contribution is 2.45. The van der Waals surface area contributed by atoms with E-state index in [1.165, 1.54) is 50.6 Å². The maximum atomic E-state index is 13.5. The lowest BCUT2D eigenvalue weighted by molar-refractivity contribution is 0.00909. The molecule has 0 aromatic heterocycles. The van der Waals surface area contributed by atoms with Crippen molar-refractivity contribution in [2.75, 3.05) is 25.0 Å². The van der Waals surface area contributed by atoms with Crippen molar-refractivity contribution in [1.29, 1.82) is 0 Å². The van der Waals surface area contributed by atoms with Crippen molar-refractivity contribution in [3.05, 3.63) is 54.1 Å². The van der Waals surface area contributed by atoms with Gasteiger partial charge in [0.2, 0.25) is 0 Å². The molecule has 0 radical (unpaired) electrons. The Labute approximate surface area is 178 Å². The Bertz CT molecular complexity index is 993. The number of nitrogens with one attached hydrogen (secondary N) is 1. The fourth-order valence-corrected chi connectivity index (χ4v) is 6.72. The summed E-state index contributed by atoms with van der Waals surface area (Å²) in [6, 6.07) is 15.5. The number of nitrogens with zero attached hydrogens (tertiary/aromatic N) is 2. The molecule has 1 aliphatic carbocycles. The van der Waals surface area contributed by atoms with Crippen LogP contribution in [-0.4, -0.2) is 47.5 Å². The molecule has 3 saturated heterocycles. The van der Waals surface area contributed by atoms with Crippen LogP contribution in [0.5, 0.6) is 0 Å². The Kier molecular flexibility index (Phi) is 4.56. The van der Waals surface area contributed by atoms with E-state index in [2.05, 4.69) is 39.4 Å². The van der Waals surface area contributed by atoms with Crippen LogP contribution in [0.2, 0.25) is 0 Å². The summed E-state index contributed by atoms with van der Waals surface area (Å²) < 4.78 is 0. The number of carbonyl (C=O) groups excluding carboxylic acids is 1. The number of benzene rings is 2. The van der Waals surface area contributed by atoms with E-state index < -0.39 is 0 Å². The summed E-state index contributed by atoms with van der Waals surface area (Å²) in [5.74, 6) is 1.29. The van der Waals surface area contributed by atoms with Crippen LogP contribution in [-0.2, 0) is 0 Å². The third-order valence-electron chi connectivity index (χ3n) is 7.95. The number of likely N-dealkylation sites (tertiary alicyclic amines) is 1. The van der Waals surface area contributed by atoms with E-state index in [0.29, 0.717) is 11.8 Å². The summed E-state index contributed by atoms with van der Waals surface area (Å²) in [6.07, 6.45) is 10.2. The lowest BCUT2D eigenvalue weighted by Gasteiger charge is -2.54. The highest BCUT2D eigenvalue weighted by atomic mass is 16.2. The van der Waals surface area contributed by atoms with Gasteiger partial charge in [-0.3, -0.25) is 4.90 Å². The molecule has 156 valence electrons. The van der Waals surface area contributed by atoms with Gasteiger partial charge in [-0.15, -0.1) is 0 Å². The van der Waals surface area contributed by atoms with Gasteiger partial charge in [-0.1, -0.05) is 54.5 Å². The standard InChI is InChI=1S/C26H31N3O/c30-26(27-23-11-5-8-18-7-1-2-10-22(18)23)29-14-6-9-19-15-20-16-21(25(19)29)17-28-13-4-3-12-24(20)28/h1-2,5,7-8,10-11,15,20-21,24-25H,3-4,6,9,12-14,16-17H2,(H,27,30)/t20-,21+,24+,25+/m0/s1. The molecular formula is C26H31N3O. The molecule has 2 amide bonds. The van der Waals surface area contributed by atoms with E-state index >= 15 is 0 Å². The molecule has 0 unspecified atom stereocenters. The normalized spacial score (nSPS) is 30.9.